The fourth-order valence-electron chi connectivity index (χ4n) is 11.5. The maximum atomic E-state index is 7.88. The van der Waals surface area contributed by atoms with Crippen LogP contribution in [0.3, 0.4) is 0 Å². The number of benzene rings is 5. The molecule has 338 valence electrons. The summed E-state index contributed by atoms with van der Waals surface area (Å²) in [6.07, 6.45) is 17.4. The van der Waals surface area contributed by atoms with E-state index in [-0.39, 0.29) is 42.3 Å². The van der Waals surface area contributed by atoms with Gasteiger partial charge in [-0.25, -0.2) is 4.98 Å². The molecule has 0 unspecified atom stereocenters. The number of aryl methyl sites for hydroxylation is 1. The molecular weight excluding hydrogens is 1020 g/mol. The molecule has 5 aromatic carbocycles. The Morgan fingerprint density at radius 1 is 0.536 bits per heavy atom. The Hall–Kier alpha value is -6.85. The van der Waals surface area contributed by atoms with Gasteiger partial charge in [0.15, 0.2) is 0 Å². The molecular formula is C63H51IrN4O. The number of hydrogen-bond donors (Lipinski definition) is 0. The van der Waals surface area contributed by atoms with Gasteiger partial charge < -0.3 is 19.4 Å². The second kappa shape index (κ2) is 18.9. The molecule has 0 bridgehead atoms. The fraction of sp³-hybridized carbons (Fsp3) is 0.206. The summed E-state index contributed by atoms with van der Waals surface area (Å²) in [6, 6.07) is 62.5. The van der Waals surface area contributed by atoms with Crippen LogP contribution in [-0.2, 0) is 43.8 Å². The smallest absolute Gasteiger partial charge is 0.486 e. The van der Waals surface area contributed by atoms with Gasteiger partial charge in [0.1, 0.15) is 0 Å². The maximum Gasteiger partial charge on any atom is 3.00 e. The van der Waals surface area contributed by atoms with Gasteiger partial charge in [0.2, 0.25) is 5.71 Å². The van der Waals surface area contributed by atoms with Gasteiger partial charge in [0, 0.05) is 44.6 Å². The first kappa shape index (κ1) is 41.1. The average Bonchev–Trinajstić information content (AvgIpc) is 4.19. The third-order valence-electron chi connectivity index (χ3n) is 14.8. The Labute approximate surface area is 422 Å². The molecule has 5 heterocycles. The van der Waals surface area contributed by atoms with E-state index in [2.05, 4.69) is 121 Å². The molecule has 12 rings (SSSR count). The largest absolute Gasteiger partial charge is 3.00 e. The Morgan fingerprint density at radius 3 is 1.65 bits per heavy atom. The molecule has 69 heavy (non-hydrogen) atoms. The van der Waals surface area contributed by atoms with E-state index in [1.807, 2.05) is 60.8 Å². The summed E-state index contributed by atoms with van der Waals surface area (Å²) in [6.45, 7) is -2.34. The maximum absolute atomic E-state index is 7.88. The van der Waals surface area contributed by atoms with Gasteiger partial charge in [0.05, 0.1) is 5.58 Å². The van der Waals surface area contributed by atoms with Gasteiger partial charge in [-0.15, -0.1) is 90.0 Å². The zero-order valence-electron chi connectivity index (χ0n) is 41.3. The molecule has 0 aliphatic heterocycles. The third-order valence-corrected chi connectivity index (χ3v) is 14.8. The predicted molar refractivity (Wildman–Crippen MR) is 274 cm³/mol. The molecule has 0 spiro atoms. The summed E-state index contributed by atoms with van der Waals surface area (Å²) in [5.41, 5.74) is 15.9. The third kappa shape index (κ3) is 8.66. The average molecular weight is 1080 g/mol. The first-order valence-corrected chi connectivity index (χ1v) is 24.0. The van der Waals surface area contributed by atoms with Crippen LogP contribution in [0.15, 0.2) is 175 Å². The number of fused-ring (bicyclic) bond motifs is 3. The molecule has 0 saturated heterocycles. The van der Waals surface area contributed by atoms with E-state index >= 15 is 0 Å². The Bertz CT molecular complexity index is 3390. The van der Waals surface area contributed by atoms with Gasteiger partial charge >= 0.3 is 20.1 Å². The van der Waals surface area contributed by atoms with Crippen LogP contribution < -0.4 is 0 Å². The molecule has 2 aliphatic rings. The summed E-state index contributed by atoms with van der Waals surface area (Å²) >= 11 is 0. The van der Waals surface area contributed by atoms with E-state index in [9.17, 15) is 0 Å². The number of rotatable bonds is 11. The van der Waals surface area contributed by atoms with Crippen LogP contribution in [0.1, 0.15) is 83.4 Å². The monoisotopic (exact) mass is 1080 g/mol. The molecule has 2 fully saturated rings. The summed E-state index contributed by atoms with van der Waals surface area (Å²) < 4.78 is 29.9. The molecule has 2 aliphatic carbocycles. The normalized spacial score (nSPS) is 15.9. The Morgan fingerprint density at radius 2 is 1.12 bits per heavy atom. The molecule has 0 radical (unpaired) electrons. The van der Waals surface area contributed by atoms with Crippen molar-refractivity contribution in [3.8, 4) is 56.0 Å². The van der Waals surface area contributed by atoms with Crippen LogP contribution in [-0.4, -0.2) is 19.9 Å². The van der Waals surface area contributed by atoms with E-state index in [1.54, 1.807) is 12.1 Å². The van der Waals surface area contributed by atoms with Crippen molar-refractivity contribution in [1.82, 2.24) is 19.9 Å². The molecule has 0 amide bonds. The number of aromatic nitrogens is 4. The van der Waals surface area contributed by atoms with Gasteiger partial charge in [-0.3, -0.25) is 0 Å². The van der Waals surface area contributed by atoms with Crippen LogP contribution in [0, 0.1) is 25.1 Å². The molecule has 5 aromatic heterocycles. The van der Waals surface area contributed by atoms with Crippen molar-refractivity contribution < 1.29 is 28.6 Å². The summed E-state index contributed by atoms with van der Waals surface area (Å²) in [5, 5.41) is 1.59. The van der Waals surface area contributed by atoms with Crippen molar-refractivity contribution in [2.24, 2.45) is 0 Å². The standard InChI is InChI=1S/C63H51N4O.Ir/c1-43-23-27-55-54-21-14-22-56(60(54)68-61(55)67-43)59-28-24-48(40-64-59)52-19-8-9-20-53(52)49-36-44(38-62(31-10-11-32-62)50-25-29-57(65-41-50)46-15-4-2-5-16-46)35-45(37-49)39-63(33-12-13-34-63)51-26-30-58(66-42-51)47-17-6-3-7-18-47;/h2-9,14-15,17,19-21,23-30,35-37,40-42H,10-13,31-34,38-39H2,1H3;/q-3;+3/i1D3;. The van der Waals surface area contributed by atoms with Crippen LogP contribution in [0.5, 0.6) is 0 Å². The van der Waals surface area contributed by atoms with E-state index in [0.29, 0.717) is 16.8 Å². The quantitative estimate of drug-likeness (QED) is 0.121. The first-order chi connectivity index (χ1) is 34.7. The van der Waals surface area contributed by atoms with Crippen molar-refractivity contribution in [2.75, 3.05) is 0 Å². The zero-order chi connectivity index (χ0) is 48.0. The summed E-state index contributed by atoms with van der Waals surface area (Å²) in [7, 11) is 0. The topological polar surface area (TPSA) is 64.7 Å². The summed E-state index contributed by atoms with van der Waals surface area (Å²) in [4.78, 5) is 19.5. The SMILES string of the molecule is [2H]C([2H])([2H])c1ccc2c(n1)oc1c(-c3ccc(-c4ccccc4-c4cc(CC5(c6ccc(-c7[c-]cccc7)nc6)CCCC5)cc(CC5(c6ccc(-c7[c-]cccc7)nc6)CCCC5)c4)cn3)[c-]ccc12.[Ir+3]. The number of pyridine rings is 4. The Balaban J connectivity index is 0.00000560. The number of hydrogen-bond acceptors (Lipinski definition) is 5. The molecule has 10 aromatic rings. The fourth-order valence-corrected chi connectivity index (χ4v) is 11.5. The molecule has 5 nitrogen and oxygen atoms in total. The molecule has 0 atom stereocenters. The second-order valence-electron chi connectivity index (χ2n) is 19.0. The van der Waals surface area contributed by atoms with Crippen LogP contribution in [0.4, 0.5) is 0 Å². The first-order valence-electron chi connectivity index (χ1n) is 25.5. The molecule has 2 saturated carbocycles. The minimum atomic E-state index is -2.34. The van der Waals surface area contributed by atoms with Crippen molar-refractivity contribution >= 4 is 22.1 Å². The number of nitrogens with zero attached hydrogens (tertiary/aromatic N) is 4. The van der Waals surface area contributed by atoms with Crippen molar-refractivity contribution in [1.29, 1.82) is 0 Å². The molecule has 0 N–H and O–H groups in total. The van der Waals surface area contributed by atoms with Crippen LogP contribution in [0.2, 0.25) is 0 Å². The molecule has 6 heteroatoms. The minimum absolute atomic E-state index is 0. The van der Waals surface area contributed by atoms with Gasteiger partial charge in [0.25, 0.3) is 0 Å². The van der Waals surface area contributed by atoms with E-state index in [1.165, 1.54) is 53.5 Å². The van der Waals surface area contributed by atoms with E-state index in [4.69, 9.17) is 23.5 Å². The van der Waals surface area contributed by atoms with Crippen molar-refractivity contribution in [3.05, 3.63) is 216 Å². The van der Waals surface area contributed by atoms with Crippen LogP contribution >= 0.6 is 0 Å². The van der Waals surface area contributed by atoms with Gasteiger partial charge in [-0.05, 0) is 119 Å². The van der Waals surface area contributed by atoms with E-state index < -0.39 is 6.85 Å². The second-order valence-corrected chi connectivity index (χ2v) is 19.0. The van der Waals surface area contributed by atoms with Crippen LogP contribution in [0.25, 0.3) is 78.1 Å². The predicted octanol–water partition coefficient (Wildman–Crippen LogP) is 15.3. The minimum Gasteiger partial charge on any atom is -0.486 e. The van der Waals surface area contributed by atoms with Crippen molar-refractivity contribution in [3.63, 3.8) is 0 Å². The van der Waals surface area contributed by atoms with Crippen molar-refractivity contribution in [2.45, 2.75) is 81.9 Å². The van der Waals surface area contributed by atoms with E-state index in [0.717, 1.165) is 88.5 Å². The number of furan rings is 1. The zero-order valence-corrected chi connectivity index (χ0v) is 40.7. The van der Waals surface area contributed by atoms with Gasteiger partial charge in [-0.1, -0.05) is 115 Å². The summed E-state index contributed by atoms with van der Waals surface area (Å²) in [5.74, 6) is 0. The van der Waals surface area contributed by atoms with Gasteiger partial charge in [-0.2, -0.15) is 0 Å². The Kier molecular flexibility index (Phi) is 11.3.